The molecule has 2 aliphatic rings. The Hall–Kier alpha value is -4.88. The number of fused-ring (bicyclic) bond motifs is 7. The molecule has 0 heterocycles. The van der Waals surface area contributed by atoms with Crippen LogP contribution in [0.25, 0.3) is 38.7 Å². The monoisotopic (exact) mass is 581 g/mol. The lowest BCUT2D eigenvalue weighted by molar-refractivity contribution is 0.660. The molecule has 0 fully saturated rings. The average molecular weight is 582 g/mol. The molecule has 220 valence electrons. The Morgan fingerprint density at radius 2 is 1.20 bits per heavy atom. The maximum Gasteiger partial charge on any atom is 0.0400 e. The largest absolute Gasteiger partial charge is 0.381 e. The van der Waals surface area contributed by atoms with Gasteiger partial charge in [-0.15, -0.1) is 0 Å². The van der Waals surface area contributed by atoms with E-state index in [1.165, 1.54) is 77.7 Å². The van der Waals surface area contributed by atoms with E-state index in [0.29, 0.717) is 0 Å². The fraction of sp³-hybridized carbons (Fsp3) is 0.182. The lowest BCUT2D eigenvalue weighted by Gasteiger charge is -2.22. The molecule has 0 bridgehead atoms. The summed E-state index contributed by atoms with van der Waals surface area (Å²) in [5, 5.41) is 6.48. The molecule has 0 atom stereocenters. The molecule has 8 rings (SSSR count). The molecule has 2 aliphatic carbocycles. The van der Waals surface area contributed by atoms with E-state index in [0.717, 1.165) is 13.0 Å². The van der Waals surface area contributed by atoms with Crippen LogP contribution in [-0.4, -0.2) is 0 Å². The van der Waals surface area contributed by atoms with E-state index in [4.69, 9.17) is 0 Å². The molecular weight excluding hydrogens is 542 g/mol. The van der Waals surface area contributed by atoms with Crippen molar-refractivity contribution in [3.8, 4) is 22.3 Å². The summed E-state index contributed by atoms with van der Waals surface area (Å²) in [6, 6.07) is 47.2. The Morgan fingerprint density at radius 3 is 2.02 bits per heavy atom. The Kier molecular flexibility index (Phi) is 6.36. The smallest absolute Gasteiger partial charge is 0.0400 e. The van der Waals surface area contributed by atoms with E-state index < -0.39 is 0 Å². The summed E-state index contributed by atoms with van der Waals surface area (Å²) >= 11 is 0. The van der Waals surface area contributed by atoms with Crippen LogP contribution in [0, 0.1) is 0 Å². The molecule has 0 unspecified atom stereocenters. The average Bonchev–Trinajstić information content (AvgIpc) is 3.43. The normalized spacial score (nSPS) is 15.3. The molecule has 45 heavy (non-hydrogen) atoms. The quantitative estimate of drug-likeness (QED) is 0.206. The van der Waals surface area contributed by atoms with Gasteiger partial charge in [0.2, 0.25) is 0 Å². The minimum absolute atomic E-state index is 0.0255. The first-order valence-corrected chi connectivity index (χ1v) is 16.2. The van der Waals surface area contributed by atoms with Crippen molar-refractivity contribution in [2.24, 2.45) is 0 Å². The highest BCUT2D eigenvalue weighted by Gasteiger charge is 2.38. The minimum Gasteiger partial charge on any atom is -0.381 e. The second kappa shape index (κ2) is 10.3. The number of benzene rings is 6. The van der Waals surface area contributed by atoms with Crippen molar-refractivity contribution < 1.29 is 0 Å². The van der Waals surface area contributed by atoms with Crippen molar-refractivity contribution in [2.45, 2.75) is 51.5 Å². The summed E-state index contributed by atoms with van der Waals surface area (Å²) < 4.78 is 0. The second-order valence-corrected chi connectivity index (χ2v) is 13.8. The van der Waals surface area contributed by atoms with Gasteiger partial charge in [-0.25, -0.2) is 0 Å². The van der Waals surface area contributed by atoms with Crippen LogP contribution in [0.5, 0.6) is 0 Å². The van der Waals surface area contributed by atoms with Gasteiger partial charge in [-0.3, -0.25) is 0 Å². The maximum absolute atomic E-state index is 3.89. The summed E-state index contributed by atoms with van der Waals surface area (Å²) in [5.74, 6) is 0. The number of nitrogens with one attached hydrogen (secondary N) is 1. The molecule has 1 N–H and O–H groups in total. The fourth-order valence-electron chi connectivity index (χ4n) is 7.88. The summed E-state index contributed by atoms with van der Waals surface area (Å²) in [4.78, 5) is 0. The molecule has 0 spiro atoms. The zero-order valence-electron chi connectivity index (χ0n) is 26.6. The van der Waals surface area contributed by atoms with Crippen molar-refractivity contribution in [1.82, 2.24) is 5.32 Å². The fourth-order valence-corrected chi connectivity index (χ4v) is 7.88. The first-order chi connectivity index (χ1) is 21.8. The summed E-state index contributed by atoms with van der Waals surface area (Å²) in [6.45, 7) is 10.2. The van der Waals surface area contributed by atoms with E-state index in [9.17, 15) is 0 Å². The first-order valence-electron chi connectivity index (χ1n) is 16.2. The number of allylic oxidation sites excluding steroid dienone is 1. The SMILES string of the molecule is CC1(C)c2ccccc2-c2cc(C/C=C(\NCc3ccccc3)c3cccc4c3-c3cc5ccccc5cc3C4(C)C)ccc21. The molecule has 1 nitrogen and oxygen atoms in total. The van der Waals surface area contributed by atoms with Crippen molar-refractivity contribution in [2.75, 3.05) is 0 Å². The summed E-state index contributed by atoms with van der Waals surface area (Å²) in [5.41, 5.74) is 16.1. The lowest BCUT2D eigenvalue weighted by Crippen LogP contribution is -2.16. The van der Waals surface area contributed by atoms with E-state index in [-0.39, 0.29) is 10.8 Å². The van der Waals surface area contributed by atoms with Crippen LogP contribution in [0.4, 0.5) is 0 Å². The maximum atomic E-state index is 3.89. The predicted molar refractivity (Wildman–Crippen MR) is 190 cm³/mol. The molecule has 0 saturated heterocycles. The van der Waals surface area contributed by atoms with Gasteiger partial charge in [0.05, 0.1) is 0 Å². The van der Waals surface area contributed by atoms with Crippen LogP contribution in [-0.2, 0) is 23.8 Å². The highest BCUT2D eigenvalue weighted by atomic mass is 14.9. The standard InChI is InChI=1S/C44H39N/c1-43(2)37-19-11-10-17-33(37)35-25-29(21-23-38(35)43)22-24-41(45-28-30-13-6-5-7-14-30)34-18-12-20-39-42(34)36-26-31-15-8-9-16-32(31)27-40(36)44(39,3)4/h5-21,23-27,45H,22,28H2,1-4H3/b41-24-. The van der Waals surface area contributed by atoms with Crippen LogP contribution in [0.2, 0.25) is 0 Å². The molecule has 6 aromatic rings. The van der Waals surface area contributed by atoms with Crippen LogP contribution >= 0.6 is 0 Å². The van der Waals surface area contributed by atoms with Crippen molar-refractivity contribution >= 4 is 16.5 Å². The minimum atomic E-state index is -0.0740. The van der Waals surface area contributed by atoms with Gasteiger partial charge in [0.25, 0.3) is 0 Å². The van der Waals surface area contributed by atoms with Crippen molar-refractivity contribution in [3.05, 3.63) is 172 Å². The van der Waals surface area contributed by atoms with Gasteiger partial charge in [0.1, 0.15) is 0 Å². The zero-order chi connectivity index (χ0) is 30.8. The molecule has 0 aromatic heterocycles. The highest BCUT2D eigenvalue weighted by Crippen LogP contribution is 2.52. The van der Waals surface area contributed by atoms with Crippen LogP contribution in [0.1, 0.15) is 66.6 Å². The summed E-state index contributed by atoms with van der Waals surface area (Å²) in [6.07, 6.45) is 3.27. The topological polar surface area (TPSA) is 12.0 Å². The molecule has 0 aliphatic heterocycles. The van der Waals surface area contributed by atoms with Crippen molar-refractivity contribution in [1.29, 1.82) is 0 Å². The first kappa shape index (κ1) is 27.7. The molecule has 6 aromatic carbocycles. The predicted octanol–water partition coefficient (Wildman–Crippen LogP) is 10.8. The zero-order valence-corrected chi connectivity index (χ0v) is 26.6. The number of hydrogen-bond donors (Lipinski definition) is 1. The van der Waals surface area contributed by atoms with Gasteiger partial charge in [-0.1, -0.05) is 149 Å². The van der Waals surface area contributed by atoms with Gasteiger partial charge in [0.15, 0.2) is 0 Å². The van der Waals surface area contributed by atoms with Gasteiger partial charge >= 0.3 is 0 Å². The number of hydrogen-bond acceptors (Lipinski definition) is 1. The van der Waals surface area contributed by atoms with E-state index >= 15 is 0 Å². The number of rotatable bonds is 6. The van der Waals surface area contributed by atoms with E-state index in [1.807, 2.05) is 0 Å². The summed E-state index contributed by atoms with van der Waals surface area (Å²) in [7, 11) is 0. The van der Waals surface area contributed by atoms with E-state index in [2.05, 4.69) is 166 Å². The Balaban J connectivity index is 1.24. The van der Waals surface area contributed by atoms with Crippen molar-refractivity contribution in [3.63, 3.8) is 0 Å². The van der Waals surface area contributed by atoms with E-state index in [1.54, 1.807) is 0 Å². The van der Waals surface area contributed by atoms with Crippen LogP contribution in [0.3, 0.4) is 0 Å². The molecule has 1 heteroatoms. The molecule has 0 amide bonds. The highest BCUT2D eigenvalue weighted by molar-refractivity contribution is 5.97. The van der Waals surface area contributed by atoms with Gasteiger partial charge in [0, 0.05) is 28.6 Å². The third-order valence-corrected chi connectivity index (χ3v) is 10.4. The van der Waals surface area contributed by atoms with Gasteiger partial charge < -0.3 is 5.32 Å². The lowest BCUT2D eigenvalue weighted by atomic mass is 9.81. The molecule has 0 radical (unpaired) electrons. The third-order valence-electron chi connectivity index (χ3n) is 10.4. The third kappa shape index (κ3) is 4.45. The van der Waals surface area contributed by atoms with Crippen LogP contribution in [0.15, 0.2) is 133 Å². The molecule has 0 saturated carbocycles. The second-order valence-electron chi connectivity index (χ2n) is 13.8. The van der Waals surface area contributed by atoms with Gasteiger partial charge in [-0.05, 0) is 85.0 Å². The molecular formula is C44H39N. The van der Waals surface area contributed by atoms with Crippen LogP contribution < -0.4 is 5.32 Å². The Bertz CT molecular complexity index is 2130. The Labute approximate surface area is 267 Å². The Morgan fingerprint density at radius 1 is 0.533 bits per heavy atom. The van der Waals surface area contributed by atoms with Gasteiger partial charge in [-0.2, -0.15) is 0 Å².